The molecule has 7 nitrogen and oxygen atoms in total. The number of hydrogen-bond donors (Lipinski definition) is 1. The molecular formula is C25H30FN3O4S. The molecule has 2 fully saturated rings. The van der Waals surface area contributed by atoms with Gasteiger partial charge in [-0.3, -0.25) is 14.5 Å². The summed E-state index contributed by atoms with van der Waals surface area (Å²) in [6.45, 7) is 0.861. The van der Waals surface area contributed by atoms with Crippen LogP contribution in [0.25, 0.3) is 0 Å². The number of sulfonamides is 1. The standard InChI is InChI=1S/C25H30FN3O4S/c1-25(24(31)27-20-11-5-2-3-6-12-20)18-28(34(32,33)22-14-7-4-8-15-22)17-23(30)29(25)21-13-9-10-19(26)16-21/h4,7-10,13-16,20H,2-3,5-6,11-12,17-18H2,1H3,(H,27,31). The summed E-state index contributed by atoms with van der Waals surface area (Å²) < 4.78 is 41.8. The van der Waals surface area contributed by atoms with Crippen LogP contribution in [0.3, 0.4) is 0 Å². The minimum atomic E-state index is -4.02. The van der Waals surface area contributed by atoms with Crippen LogP contribution in [0.5, 0.6) is 0 Å². The van der Waals surface area contributed by atoms with Crippen molar-refractivity contribution in [3.8, 4) is 0 Å². The molecule has 2 aliphatic rings. The molecule has 1 atom stereocenters. The molecule has 0 spiro atoms. The Morgan fingerprint density at radius 1 is 1.03 bits per heavy atom. The molecule has 0 bridgehead atoms. The van der Waals surface area contributed by atoms with Crippen LogP contribution >= 0.6 is 0 Å². The Hall–Kier alpha value is -2.78. The average molecular weight is 488 g/mol. The summed E-state index contributed by atoms with van der Waals surface area (Å²) in [6.07, 6.45) is 5.90. The fourth-order valence-corrected chi connectivity index (χ4v) is 6.36. The summed E-state index contributed by atoms with van der Waals surface area (Å²) in [5.41, 5.74) is -1.34. The molecule has 1 aliphatic carbocycles. The summed E-state index contributed by atoms with van der Waals surface area (Å²) in [5, 5.41) is 3.07. The Morgan fingerprint density at radius 3 is 2.35 bits per heavy atom. The van der Waals surface area contributed by atoms with Gasteiger partial charge in [0.15, 0.2) is 0 Å². The van der Waals surface area contributed by atoms with Gasteiger partial charge in [-0.25, -0.2) is 12.8 Å². The van der Waals surface area contributed by atoms with Crippen LogP contribution in [0.15, 0.2) is 59.5 Å². The predicted octanol–water partition coefficient (Wildman–Crippen LogP) is 3.46. The number of nitrogens with one attached hydrogen (secondary N) is 1. The Kier molecular flexibility index (Phi) is 7.04. The molecule has 9 heteroatoms. The van der Waals surface area contributed by atoms with Crippen molar-refractivity contribution >= 4 is 27.5 Å². The molecular weight excluding hydrogens is 457 g/mol. The number of carbonyl (C=O) groups excluding carboxylic acids is 2. The minimum Gasteiger partial charge on any atom is -0.351 e. The van der Waals surface area contributed by atoms with E-state index in [1.165, 1.54) is 35.2 Å². The van der Waals surface area contributed by atoms with Crippen molar-refractivity contribution in [1.29, 1.82) is 0 Å². The highest BCUT2D eigenvalue weighted by Gasteiger charge is 2.51. The van der Waals surface area contributed by atoms with Crippen LogP contribution in [0, 0.1) is 5.82 Å². The normalized spacial score (nSPS) is 22.9. The predicted molar refractivity (Wildman–Crippen MR) is 127 cm³/mol. The molecule has 4 rings (SSSR count). The molecule has 1 aliphatic heterocycles. The lowest BCUT2D eigenvalue weighted by molar-refractivity contribution is -0.133. The lowest BCUT2D eigenvalue weighted by Crippen LogP contribution is -2.70. The van der Waals surface area contributed by atoms with Gasteiger partial charge in [0.1, 0.15) is 11.4 Å². The third kappa shape index (κ3) is 4.86. The Morgan fingerprint density at radius 2 is 1.71 bits per heavy atom. The second-order valence-corrected chi connectivity index (χ2v) is 11.2. The largest absolute Gasteiger partial charge is 0.351 e. The zero-order valence-corrected chi connectivity index (χ0v) is 20.1. The van der Waals surface area contributed by atoms with Crippen LogP contribution in [0.2, 0.25) is 0 Å². The van der Waals surface area contributed by atoms with Crippen molar-refractivity contribution in [2.24, 2.45) is 0 Å². The second kappa shape index (κ2) is 9.84. The lowest BCUT2D eigenvalue weighted by atomic mass is 9.93. The topological polar surface area (TPSA) is 86.8 Å². The first-order chi connectivity index (χ1) is 16.2. The molecule has 1 saturated heterocycles. The van der Waals surface area contributed by atoms with Crippen molar-refractivity contribution in [3.63, 3.8) is 0 Å². The Labute approximate surface area is 200 Å². The molecule has 1 saturated carbocycles. The first-order valence-electron chi connectivity index (χ1n) is 11.7. The highest BCUT2D eigenvalue weighted by atomic mass is 32.2. The summed E-state index contributed by atoms with van der Waals surface area (Å²) >= 11 is 0. The van der Waals surface area contributed by atoms with Crippen molar-refractivity contribution in [2.45, 2.75) is 61.9 Å². The molecule has 34 heavy (non-hydrogen) atoms. The van der Waals surface area contributed by atoms with E-state index in [4.69, 9.17) is 0 Å². The molecule has 1 heterocycles. The summed E-state index contributed by atoms with van der Waals surface area (Å²) in [7, 11) is -4.02. The third-order valence-corrected chi connectivity index (χ3v) is 8.47. The highest BCUT2D eigenvalue weighted by Crippen LogP contribution is 2.33. The molecule has 1 unspecified atom stereocenters. The number of piperazine rings is 1. The summed E-state index contributed by atoms with van der Waals surface area (Å²) in [4.78, 5) is 28.4. The van der Waals surface area contributed by atoms with E-state index in [9.17, 15) is 22.4 Å². The number of rotatable bonds is 5. The van der Waals surface area contributed by atoms with Crippen LogP contribution in [-0.4, -0.2) is 49.2 Å². The van der Waals surface area contributed by atoms with Gasteiger partial charge in [0.25, 0.3) is 0 Å². The van der Waals surface area contributed by atoms with E-state index in [1.54, 1.807) is 31.2 Å². The maximum absolute atomic E-state index is 14.1. The van der Waals surface area contributed by atoms with Crippen LogP contribution < -0.4 is 10.2 Å². The van der Waals surface area contributed by atoms with Crippen LogP contribution in [0.1, 0.15) is 45.4 Å². The van der Waals surface area contributed by atoms with Crippen LogP contribution in [-0.2, 0) is 19.6 Å². The van der Waals surface area contributed by atoms with E-state index in [0.29, 0.717) is 0 Å². The first-order valence-corrected chi connectivity index (χ1v) is 13.1. The fraction of sp³-hybridized carbons (Fsp3) is 0.440. The van der Waals surface area contributed by atoms with Gasteiger partial charge >= 0.3 is 0 Å². The van der Waals surface area contributed by atoms with Crippen molar-refractivity contribution in [2.75, 3.05) is 18.0 Å². The summed E-state index contributed by atoms with van der Waals surface area (Å²) in [6, 6.07) is 13.3. The van der Waals surface area contributed by atoms with Gasteiger partial charge in [0.05, 0.1) is 11.4 Å². The number of anilines is 1. The minimum absolute atomic E-state index is 0.0441. The maximum Gasteiger partial charge on any atom is 0.247 e. The number of amides is 2. The number of hydrogen-bond acceptors (Lipinski definition) is 4. The smallest absolute Gasteiger partial charge is 0.247 e. The van der Waals surface area contributed by atoms with Crippen molar-refractivity contribution in [1.82, 2.24) is 9.62 Å². The van der Waals surface area contributed by atoms with Gasteiger partial charge in [-0.15, -0.1) is 0 Å². The lowest BCUT2D eigenvalue weighted by Gasteiger charge is -2.47. The summed E-state index contributed by atoms with van der Waals surface area (Å²) in [5.74, 6) is -1.57. The van der Waals surface area contributed by atoms with Gasteiger partial charge in [-0.2, -0.15) is 4.31 Å². The third-order valence-electron chi connectivity index (χ3n) is 6.67. The fourth-order valence-electron chi connectivity index (χ4n) is 4.86. The first kappa shape index (κ1) is 24.3. The number of benzene rings is 2. The van der Waals surface area contributed by atoms with E-state index < -0.39 is 39.7 Å². The zero-order chi connectivity index (χ0) is 24.3. The second-order valence-electron chi connectivity index (χ2n) is 9.23. The number of halogens is 1. The quantitative estimate of drug-likeness (QED) is 0.655. The zero-order valence-electron chi connectivity index (χ0n) is 19.2. The highest BCUT2D eigenvalue weighted by molar-refractivity contribution is 7.89. The van der Waals surface area contributed by atoms with Crippen molar-refractivity contribution in [3.05, 3.63) is 60.4 Å². The van der Waals surface area contributed by atoms with Gasteiger partial charge < -0.3 is 5.32 Å². The average Bonchev–Trinajstić information content (AvgIpc) is 3.08. The van der Waals surface area contributed by atoms with Gasteiger partial charge in [0.2, 0.25) is 21.8 Å². The molecule has 2 aromatic carbocycles. The van der Waals surface area contributed by atoms with E-state index >= 15 is 0 Å². The number of nitrogens with zero attached hydrogens (tertiary/aromatic N) is 2. The van der Waals surface area contributed by atoms with Crippen molar-refractivity contribution < 1.29 is 22.4 Å². The molecule has 182 valence electrons. The Balaban J connectivity index is 1.71. The van der Waals surface area contributed by atoms with Gasteiger partial charge in [-0.05, 0) is 50.1 Å². The van der Waals surface area contributed by atoms with E-state index in [1.807, 2.05) is 0 Å². The monoisotopic (exact) mass is 487 g/mol. The molecule has 2 aromatic rings. The van der Waals surface area contributed by atoms with E-state index in [0.717, 1.165) is 42.8 Å². The van der Waals surface area contributed by atoms with E-state index in [2.05, 4.69) is 5.32 Å². The van der Waals surface area contributed by atoms with Crippen LogP contribution in [0.4, 0.5) is 10.1 Å². The van der Waals surface area contributed by atoms with E-state index in [-0.39, 0.29) is 23.2 Å². The molecule has 0 aromatic heterocycles. The molecule has 1 N–H and O–H groups in total. The SMILES string of the molecule is CC1(C(=O)NC2CCCCCC2)CN(S(=O)(=O)c2ccccc2)CC(=O)N1c1cccc(F)c1. The maximum atomic E-state index is 14.1. The van der Waals surface area contributed by atoms with Gasteiger partial charge in [-0.1, -0.05) is 49.9 Å². The Bertz CT molecular complexity index is 1150. The molecule has 2 amide bonds. The number of carbonyl (C=O) groups is 2. The molecule has 0 radical (unpaired) electrons. The van der Waals surface area contributed by atoms with Gasteiger partial charge in [0, 0.05) is 18.3 Å².